The van der Waals surface area contributed by atoms with Crippen molar-refractivity contribution < 1.29 is 0 Å². The molecular weight excluding hydrogens is 302 g/mol. The summed E-state index contributed by atoms with van der Waals surface area (Å²) in [6.45, 7) is 3.69. The third kappa shape index (κ3) is 2.25. The summed E-state index contributed by atoms with van der Waals surface area (Å²) < 4.78 is 3.28. The average Bonchev–Trinajstić information content (AvgIpc) is 2.75. The summed E-state index contributed by atoms with van der Waals surface area (Å²) in [5.41, 5.74) is 3.59. The molecule has 6 nitrogen and oxygen atoms in total. The van der Waals surface area contributed by atoms with Crippen LogP contribution in [0.3, 0.4) is 0 Å². The first-order valence-electron chi connectivity index (χ1n) is 6.81. The maximum Gasteiger partial charge on any atom is 0.271 e. The molecule has 0 amide bonds. The van der Waals surface area contributed by atoms with Crippen molar-refractivity contribution in [2.75, 3.05) is 5.32 Å². The fourth-order valence-electron chi connectivity index (χ4n) is 2.35. The summed E-state index contributed by atoms with van der Waals surface area (Å²) in [5, 5.41) is 7.76. The van der Waals surface area contributed by atoms with E-state index < -0.39 is 0 Å². The van der Waals surface area contributed by atoms with Gasteiger partial charge in [-0.05, 0) is 26.0 Å². The largest absolute Gasteiger partial charge is 0.353 e. The molecule has 0 fully saturated rings. The summed E-state index contributed by atoms with van der Waals surface area (Å²) in [7, 11) is 3.57. The number of hydrogen-bond acceptors (Lipinski definition) is 4. The van der Waals surface area contributed by atoms with Crippen LogP contribution in [0.4, 0.5) is 11.4 Å². The third-order valence-electron chi connectivity index (χ3n) is 3.84. The van der Waals surface area contributed by atoms with Gasteiger partial charge in [0, 0.05) is 19.7 Å². The fourth-order valence-corrected chi connectivity index (χ4v) is 2.56. The van der Waals surface area contributed by atoms with Gasteiger partial charge in [0.2, 0.25) is 0 Å². The number of aromatic nitrogens is 4. The fraction of sp³-hybridized carbons (Fsp3) is 0.267. The maximum atomic E-state index is 11.9. The first-order valence-corrected chi connectivity index (χ1v) is 7.19. The first-order chi connectivity index (χ1) is 10.4. The van der Waals surface area contributed by atoms with Crippen LogP contribution in [-0.2, 0) is 14.1 Å². The van der Waals surface area contributed by atoms with Crippen LogP contribution in [0.5, 0.6) is 0 Å². The van der Waals surface area contributed by atoms with Gasteiger partial charge in [-0.3, -0.25) is 4.79 Å². The SMILES string of the molecule is Cc1c(Nc2cc3nc(C)n(C)c3cc2Cl)cnn(C)c1=O. The molecule has 0 radical (unpaired) electrons. The van der Waals surface area contributed by atoms with Crippen LogP contribution in [0, 0.1) is 13.8 Å². The summed E-state index contributed by atoms with van der Waals surface area (Å²) in [6.07, 6.45) is 1.61. The van der Waals surface area contributed by atoms with Crippen molar-refractivity contribution in [1.29, 1.82) is 0 Å². The number of aryl methyl sites for hydroxylation is 3. The number of nitrogens with one attached hydrogen (secondary N) is 1. The highest BCUT2D eigenvalue weighted by molar-refractivity contribution is 6.34. The highest BCUT2D eigenvalue weighted by atomic mass is 35.5. The van der Waals surface area contributed by atoms with Gasteiger partial charge in [-0.2, -0.15) is 5.10 Å². The molecule has 0 aliphatic rings. The lowest BCUT2D eigenvalue weighted by molar-refractivity contribution is 0.702. The van der Waals surface area contributed by atoms with Crippen molar-refractivity contribution in [2.45, 2.75) is 13.8 Å². The summed E-state index contributed by atoms with van der Waals surface area (Å²) in [5.74, 6) is 0.912. The Morgan fingerprint density at radius 2 is 1.91 bits per heavy atom. The van der Waals surface area contributed by atoms with E-state index in [2.05, 4.69) is 15.4 Å². The van der Waals surface area contributed by atoms with Crippen LogP contribution in [-0.4, -0.2) is 19.3 Å². The highest BCUT2D eigenvalue weighted by Gasteiger charge is 2.11. The molecule has 0 saturated carbocycles. The number of rotatable bonds is 2. The number of nitrogens with zero attached hydrogens (tertiary/aromatic N) is 4. The van der Waals surface area contributed by atoms with Crippen LogP contribution in [0.2, 0.25) is 5.02 Å². The first kappa shape index (κ1) is 14.6. The monoisotopic (exact) mass is 317 g/mol. The molecule has 1 aromatic carbocycles. The van der Waals surface area contributed by atoms with Crippen molar-refractivity contribution in [3.63, 3.8) is 0 Å². The average molecular weight is 318 g/mol. The molecule has 114 valence electrons. The number of hydrogen-bond donors (Lipinski definition) is 1. The van der Waals surface area contributed by atoms with Gasteiger partial charge in [0.15, 0.2) is 0 Å². The van der Waals surface area contributed by atoms with Gasteiger partial charge >= 0.3 is 0 Å². The quantitative estimate of drug-likeness (QED) is 0.789. The Bertz CT molecular complexity index is 941. The van der Waals surface area contributed by atoms with Crippen LogP contribution in [0.15, 0.2) is 23.1 Å². The zero-order valence-corrected chi connectivity index (χ0v) is 13.6. The van der Waals surface area contributed by atoms with E-state index in [9.17, 15) is 4.79 Å². The lowest BCUT2D eigenvalue weighted by Gasteiger charge is -2.11. The molecule has 7 heteroatoms. The Kier molecular flexibility index (Phi) is 3.41. The van der Waals surface area contributed by atoms with Crippen molar-refractivity contribution in [2.24, 2.45) is 14.1 Å². The zero-order chi connectivity index (χ0) is 16.0. The number of halogens is 1. The Hall–Kier alpha value is -2.34. The molecule has 0 aliphatic heterocycles. The maximum absolute atomic E-state index is 11.9. The van der Waals surface area contributed by atoms with Crippen molar-refractivity contribution >= 4 is 34.0 Å². The number of benzene rings is 1. The third-order valence-corrected chi connectivity index (χ3v) is 4.15. The molecule has 1 N–H and O–H groups in total. The minimum absolute atomic E-state index is 0.143. The molecule has 0 saturated heterocycles. The van der Waals surface area contributed by atoms with E-state index in [0.717, 1.165) is 16.9 Å². The zero-order valence-electron chi connectivity index (χ0n) is 12.8. The van der Waals surface area contributed by atoms with Gasteiger partial charge < -0.3 is 9.88 Å². The Morgan fingerprint density at radius 3 is 2.64 bits per heavy atom. The Labute approximate surface area is 132 Å². The van der Waals surface area contributed by atoms with E-state index in [-0.39, 0.29) is 5.56 Å². The van der Waals surface area contributed by atoms with E-state index >= 15 is 0 Å². The predicted octanol–water partition coefficient (Wildman–Crippen LogP) is 2.68. The second-order valence-electron chi connectivity index (χ2n) is 5.28. The van der Waals surface area contributed by atoms with Gasteiger partial charge in [0.1, 0.15) is 5.82 Å². The molecular formula is C15H16ClN5O. The molecule has 2 aromatic heterocycles. The molecule has 3 rings (SSSR count). The lowest BCUT2D eigenvalue weighted by Crippen LogP contribution is -2.22. The summed E-state index contributed by atoms with van der Waals surface area (Å²) >= 11 is 6.35. The van der Waals surface area contributed by atoms with Crippen LogP contribution >= 0.6 is 11.6 Å². The topological polar surface area (TPSA) is 64.7 Å². The van der Waals surface area contributed by atoms with Crippen molar-refractivity contribution in [1.82, 2.24) is 19.3 Å². The van der Waals surface area contributed by atoms with E-state index in [0.29, 0.717) is 22.0 Å². The van der Waals surface area contributed by atoms with Crippen LogP contribution < -0.4 is 10.9 Å². The van der Waals surface area contributed by atoms with E-state index in [1.165, 1.54) is 4.68 Å². The summed E-state index contributed by atoms with van der Waals surface area (Å²) in [4.78, 5) is 16.4. The van der Waals surface area contributed by atoms with E-state index in [1.807, 2.05) is 30.7 Å². The summed E-state index contributed by atoms with van der Waals surface area (Å²) in [6, 6.07) is 3.74. The predicted molar refractivity (Wildman–Crippen MR) is 88.0 cm³/mol. The van der Waals surface area contributed by atoms with E-state index in [4.69, 9.17) is 11.6 Å². The van der Waals surface area contributed by atoms with Crippen molar-refractivity contribution in [3.05, 3.63) is 45.1 Å². The minimum atomic E-state index is -0.143. The second kappa shape index (κ2) is 5.14. The molecule has 0 atom stereocenters. The number of anilines is 2. The van der Waals surface area contributed by atoms with Crippen molar-refractivity contribution in [3.8, 4) is 0 Å². The standard InChI is InChI=1S/C15H16ClN5O/c1-8-13(7-17-21(4)15(8)22)19-11-6-12-14(5-10(11)16)20(3)9(2)18-12/h5-7,19H,1-4H3. The lowest BCUT2D eigenvalue weighted by atomic mass is 10.2. The number of imidazole rings is 1. The van der Waals surface area contributed by atoms with Gasteiger partial charge in [-0.1, -0.05) is 11.6 Å². The Morgan fingerprint density at radius 1 is 1.18 bits per heavy atom. The second-order valence-corrected chi connectivity index (χ2v) is 5.68. The minimum Gasteiger partial charge on any atom is -0.353 e. The van der Waals surface area contributed by atoms with Gasteiger partial charge in [0.25, 0.3) is 5.56 Å². The molecule has 0 unspecified atom stereocenters. The normalized spacial score (nSPS) is 11.1. The van der Waals surface area contributed by atoms with Crippen LogP contribution in [0.25, 0.3) is 11.0 Å². The highest BCUT2D eigenvalue weighted by Crippen LogP contribution is 2.30. The van der Waals surface area contributed by atoms with Gasteiger partial charge in [-0.25, -0.2) is 9.67 Å². The van der Waals surface area contributed by atoms with Gasteiger partial charge in [-0.15, -0.1) is 0 Å². The molecule has 2 heterocycles. The van der Waals surface area contributed by atoms with Gasteiger partial charge in [0.05, 0.1) is 33.6 Å². The molecule has 22 heavy (non-hydrogen) atoms. The Balaban J connectivity index is 2.10. The molecule has 0 aliphatic carbocycles. The smallest absolute Gasteiger partial charge is 0.271 e. The van der Waals surface area contributed by atoms with Crippen LogP contribution in [0.1, 0.15) is 11.4 Å². The molecule has 3 aromatic rings. The van der Waals surface area contributed by atoms with E-state index in [1.54, 1.807) is 20.2 Å². The number of fused-ring (bicyclic) bond motifs is 1. The molecule has 0 bridgehead atoms. The molecule has 0 spiro atoms.